The van der Waals surface area contributed by atoms with Crippen molar-refractivity contribution in [3.63, 3.8) is 0 Å². The molecule has 1 saturated heterocycles. The normalized spacial score (nSPS) is 17.3. The van der Waals surface area contributed by atoms with Gasteiger partial charge in [-0.15, -0.1) is 0 Å². The molecule has 1 amide bonds. The largest absolute Gasteiger partial charge is 0.351 e. The molecule has 0 radical (unpaired) electrons. The van der Waals surface area contributed by atoms with Gasteiger partial charge in [0.05, 0.1) is 0 Å². The van der Waals surface area contributed by atoms with Crippen molar-refractivity contribution in [1.29, 1.82) is 0 Å². The third kappa shape index (κ3) is 6.04. The van der Waals surface area contributed by atoms with E-state index in [4.69, 9.17) is 4.74 Å². The zero-order valence-electron chi connectivity index (χ0n) is 12.9. The topological polar surface area (TPSA) is 63.7 Å². The number of rotatable bonds is 8. The van der Waals surface area contributed by atoms with Crippen LogP contribution >= 0.6 is 0 Å². The molecule has 0 aliphatic carbocycles. The second kappa shape index (κ2) is 8.52. The van der Waals surface area contributed by atoms with Gasteiger partial charge < -0.3 is 9.64 Å². The molecule has 1 atom stereocenters. The van der Waals surface area contributed by atoms with Crippen molar-refractivity contribution in [2.45, 2.75) is 27.2 Å². The van der Waals surface area contributed by atoms with E-state index >= 15 is 0 Å². The van der Waals surface area contributed by atoms with Crippen molar-refractivity contribution in [1.82, 2.24) is 4.90 Å². The first-order chi connectivity index (χ1) is 9.91. The Labute approximate surface area is 125 Å². The summed E-state index contributed by atoms with van der Waals surface area (Å²) in [5.74, 6) is -0.201. The Bertz CT molecular complexity index is 451. The first-order valence-corrected chi connectivity index (χ1v) is 7.18. The number of carbonyl (C=O) groups excluding carboxylic acids is 3. The van der Waals surface area contributed by atoms with Gasteiger partial charge in [-0.2, -0.15) is 0 Å². The molecule has 116 valence electrons. The molecule has 0 aromatic carbocycles. The van der Waals surface area contributed by atoms with Crippen LogP contribution in [0, 0.1) is 11.8 Å². The fourth-order valence-electron chi connectivity index (χ4n) is 1.72. The van der Waals surface area contributed by atoms with E-state index in [9.17, 15) is 14.4 Å². The average molecular weight is 293 g/mol. The molecule has 0 bridgehead atoms. The van der Waals surface area contributed by atoms with E-state index in [0.29, 0.717) is 13.0 Å². The minimum Gasteiger partial charge on any atom is -0.351 e. The Balaban J connectivity index is 2.33. The van der Waals surface area contributed by atoms with Gasteiger partial charge in [0.15, 0.2) is 11.6 Å². The van der Waals surface area contributed by atoms with E-state index in [-0.39, 0.29) is 42.6 Å². The third-order valence-electron chi connectivity index (χ3n) is 3.26. The van der Waals surface area contributed by atoms with Gasteiger partial charge >= 0.3 is 0 Å². The summed E-state index contributed by atoms with van der Waals surface area (Å²) in [6.07, 6.45) is 6.99. The minimum absolute atomic E-state index is 0.00999. The van der Waals surface area contributed by atoms with E-state index < -0.39 is 0 Å². The van der Waals surface area contributed by atoms with E-state index in [1.54, 1.807) is 18.2 Å². The average Bonchev–Trinajstić information content (AvgIpc) is 2.83. The van der Waals surface area contributed by atoms with Crippen molar-refractivity contribution < 1.29 is 19.1 Å². The van der Waals surface area contributed by atoms with Gasteiger partial charge in [-0.3, -0.25) is 14.4 Å². The minimum atomic E-state index is -0.178. The lowest BCUT2D eigenvalue weighted by molar-refractivity contribution is -0.126. The second-order valence-electron chi connectivity index (χ2n) is 5.49. The van der Waals surface area contributed by atoms with Crippen molar-refractivity contribution in [2.75, 3.05) is 19.9 Å². The Morgan fingerprint density at radius 3 is 2.43 bits per heavy atom. The van der Waals surface area contributed by atoms with Crippen LogP contribution in [0.5, 0.6) is 0 Å². The second-order valence-corrected chi connectivity index (χ2v) is 5.49. The lowest BCUT2D eigenvalue weighted by Gasteiger charge is -2.10. The molecule has 5 heteroatoms. The molecule has 0 aromatic rings. The molecule has 5 nitrogen and oxygen atoms in total. The van der Waals surface area contributed by atoms with Crippen LogP contribution in [-0.4, -0.2) is 42.3 Å². The zero-order chi connectivity index (χ0) is 15.8. The lowest BCUT2D eigenvalue weighted by atomic mass is 10.0. The summed E-state index contributed by atoms with van der Waals surface area (Å²) in [5, 5.41) is 0. The van der Waals surface area contributed by atoms with E-state index in [0.717, 1.165) is 0 Å². The molecular formula is C16H23NO4. The summed E-state index contributed by atoms with van der Waals surface area (Å²) in [5.41, 5.74) is 0. The number of hydrogen-bond acceptors (Lipinski definition) is 4. The van der Waals surface area contributed by atoms with E-state index in [2.05, 4.69) is 0 Å². The number of amides is 1. The lowest BCUT2D eigenvalue weighted by Crippen LogP contribution is -2.25. The third-order valence-corrected chi connectivity index (χ3v) is 3.26. The van der Waals surface area contributed by atoms with Gasteiger partial charge in [-0.25, -0.2) is 0 Å². The molecule has 1 aliphatic rings. The number of nitrogens with zero attached hydrogens (tertiary/aromatic N) is 1. The number of hydrogen-bond donors (Lipinski definition) is 0. The van der Waals surface area contributed by atoms with Crippen LogP contribution in [0.1, 0.15) is 27.2 Å². The SMILES string of the molecule is CC(C)C(=O)/C=C/CC(C)C(=O)/C=C/CN1COCC1=O. The highest BCUT2D eigenvalue weighted by molar-refractivity contribution is 5.92. The Kier molecular flexibility index (Phi) is 7.02. The monoisotopic (exact) mass is 293 g/mol. The van der Waals surface area contributed by atoms with E-state index in [1.165, 1.54) is 11.0 Å². The summed E-state index contributed by atoms with van der Waals surface area (Å²) in [6.45, 7) is 6.29. The maximum absolute atomic E-state index is 11.9. The summed E-state index contributed by atoms with van der Waals surface area (Å²) in [7, 11) is 0. The maximum Gasteiger partial charge on any atom is 0.250 e. The molecule has 0 aromatic heterocycles. The molecule has 1 unspecified atom stereocenters. The Morgan fingerprint density at radius 2 is 1.86 bits per heavy atom. The van der Waals surface area contributed by atoms with Gasteiger partial charge in [0.25, 0.3) is 5.91 Å². The van der Waals surface area contributed by atoms with Gasteiger partial charge in [0.1, 0.15) is 13.3 Å². The number of ether oxygens (including phenoxy) is 1. The first kappa shape index (κ1) is 17.3. The van der Waals surface area contributed by atoms with Crippen LogP contribution in [0.3, 0.4) is 0 Å². The molecular weight excluding hydrogens is 270 g/mol. The van der Waals surface area contributed by atoms with Crippen LogP contribution < -0.4 is 0 Å². The molecule has 0 saturated carbocycles. The zero-order valence-corrected chi connectivity index (χ0v) is 12.9. The predicted octanol–water partition coefficient (Wildman–Crippen LogP) is 1.74. The summed E-state index contributed by atoms with van der Waals surface area (Å²) in [4.78, 5) is 36.1. The molecule has 1 heterocycles. The Hall–Kier alpha value is -1.75. The van der Waals surface area contributed by atoms with Crippen LogP contribution in [0.15, 0.2) is 24.3 Å². The highest BCUT2D eigenvalue weighted by atomic mass is 16.5. The molecule has 21 heavy (non-hydrogen) atoms. The van der Waals surface area contributed by atoms with Crippen LogP contribution in [0.4, 0.5) is 0 Å². The standard InChI is InChI=1S/C16H23NO4/c1-12(2)14(18)7-4-6-13(3)15(19)8-5-9-17-11-21-10-16(17)20/h4-5,7-8,12-13H,6,9-11H2,1-3H3/b7-4+,8-5+. The van der Waals surface area contributed by atoms with Gasteiger partial charge in [0.2, 0.25) is 0 Å². The summed E-state index contributed by atoms with van der Waals surface area (Å²) in [6, 6.07) is 0. The fourth-order valence-corrected chi connectivity index (χ4v) is 1.72. The summed E-state index contributed by atoms with van der Waals surface area (Å²) < 4.78 is 4.99. The van der Waals surface area contributed by atoms with Crippen molar-refractivity contribution in [3.05, 3.63) is 24.3 Å². The van der Waals surface area contributed by atoms with Gasteiger partial charge in [-0.1, -0.05) is 32.9 Å². The molecule has 1 fully saturated rings. The smallest absolute Gasteiger partial charge is 0.250 e. The maximum atomic E-state index is 11.9. The van der Waals surface area contributed by atoms with Crippen molar-refractivity contribution >= 4 is 17.5 Å². The van der Waals surface area contributed by atoms with Crippen molar-refractivity contribution in [2.24, 2.45) is 11.8 Å². The molecule has 1 aliphatic heterocycles. The molecule has 0 spiro atoms. The quantitative estimate of drug-likeness (QED) is 0.639. The predicted molar refractivity (Wildman–Crippen MR) is 79.4 cm³/mol. The van der Waals surface area contributed by atoms with Gasteiger partial charge in [0, 0.05) is 18.4 Å². The number of carbonyl (C=O) groups is 3. The molecule has 0 N–H and O–H groups in total. The highest BCUT2D eigenvalue weighted by Crippen LogP contribution is 2.07. The van der Waals surface area contributed by atoms with Crippen molar-refractivity contribution in [3.8, 4) is 0 Å². The van der Waals surface area contributed by atoms with Crippen LogP contribution in [-0.2, 0) is 19.1 Å². The summed E-state index contributed by atoms with van der Waals surface area (Å²) >= 11 is 0. The first-order valence-electron chi connectivity index (χ1n) is 7.18. The molecule has 1 rings (SSSR count). The Morgan fingerprint density at radius 1 is 1.19 bits per heavy atom. The van der Waals surface area contributed by atoms with Crippen LogP contribution in [0.25, 0.3) is 0 Å². The number of ketones is 2. The highest BCUT2D eigenvalue weighted by Gasteiger charge is 2.19. The van der Waals surface area contributed by atoms with Gasteiger partial charge in [-0.05, 0) is 18.6 Å². The van der Waals surface area contributed by atoms with E-state index in [1.807, 2.05) is 20.8 Å². The van der Waals surface area contributed by atoms with Crippen LogP contribution in [0.2, 0.25) is 0 Å². The number of allylic oxidation sites excluding steroid dienone is 3. The fraction of sp³-hybridized carbons (Fsp3) is 0.562.